The van der Waals surface area contributed by atoms with E-state index in [1.54, 1.807) is 19.4 Å². The minimum atomic E-state index is 0.346. The van der Waals surface area contributed by atoms with E-state index in [1.807, 2.05) is 17.7 Å². The first-order valence-corrected chi connectivity index (χ1v) is 6.51. The van der Waals surface area contributed by atoms with Gasteiger partial charge in [0.25, 0.3) is 0 Å². The molecule has 2 aromatic rings. The van der Waals surface area contributed by atoms with Crippen molar-refractivity contribution in [2.24, 2.45) is 0 Å². The molecule has 6 heteroatoms. The summed E-state index contributed by atoms with van der Waals surface area (Å²) in [5, 5.41) is 0.770. The third kappa shape index (κ3) is 2.38. The van der Waals surface area contributed by atoms with E-state index in [2.05, 4.69) is 4.98 Å². The second kappa shape index (κ2) is 5.72. The predicted molar refractivity (Wildman–Crippen MR) is 76.5 cm³/mol. The van der Waals surface area contributed by atoms with E-state index in [0.29, 0.717) is 21.5 Å². The summed E-state index contributed by atoms with van der Waals surface area (Å²) in [5.41, 5.74) is 0.741. The molecule has 102 valence electrons. The van der Waals surface area contributed by atoms with Gasteiger partial charge in [-0.05, 0) is 13.0 Å². The largest absolute Gasteiger partial charge is 0.494 e. The molecular formula is C13H14Cl2N2O2. The average Bonchev–Trinajstić information content (AvgIpc) is 2.86. The van der Waals surface area contributed by atoms with Crippen molar-refractivity contribution >= 4 is 23.2 Å². The molecule has 0 aliphatic rings. The Balaban J connectivity index is 2.70. The normalized spacial score (nSPS) is 10.6. The van der Waals surface area contributed by atoms with Crippen LogP contribution in [0.3, 0.4) is 0 Å². The number of nitrogens with zero attached hydrogens (tertiary/aromatic N) is 2. The minimum Gasteiger partial charge on any atom is -0.494 e. The van der Waals surface area contributed by atoms with E-state index in [9.17, 15) is 0 Å². The molecule has 0 fully saturated rings. The maximum absolute atomic E-state index is 6.26. The average molecular weight is 301 g/mol. The van der Waals surface area contributed by atoms with Crippen molar-refractivity contribution in [3.8, 4) is 22.9 Å². The van der Waals surface area contributed by atoms with Gasteiger partial charge in [0, 0.05) is 18.9 Å². The van der Waals surface area contributed by atoms with Crippen LogP contribution in [0.5, 0.6) is 11.5 Å². The van der Waals surface area contributed by atoms with Gasteiger partial charge < -0.3 is 14.0 Å². The number of hydrogen-bond donors (Lipinski definition) is 0. The predicted octanol–water partition coefficient (Wildman–Crippen LogP) is 3.89. The van der Waals surface area contributed by atoms with Crippen LogP contribution in [-0.4, -0.2) is 23.8 Å². The van der Waals surface area contributed by atoms with Gasteiger partial charge in [0.15, 0.2) is 11.5 Å². The van der Waals surface area contributed by atoms with Crippen molar-refractivity contribution in [3.63, 3.8) is 0 Å². The second-order valence-electron chi connectivity index (χ2n) is 3.82. The number of aryl methyl sites for hydroxylation is 1. The molecule has 0 unspecified atom stereocenters. The fourth-order valence-corrected chi connectivity index (χ4v) is 2.63. The molecular weight excluding hydrogens is 287 g/mol. The van der Waals surface area contributed by atoms with E-state index < -0.39 is 0 Å². The number of benzene rings is 1. The van der Waals surface area contributed by atoms with E-state index in [-0.39, 0.29) is 0 Å². The van der Waals surface area contributed by atoms with Crippen LogP contribution in [0.15, 0.2) is 18.5 Å². The van der Waals surface area contributed by atoms with Crippen LogP contribution >= 0.6 is 23.2 Å². The Labute approximate surface area is 121 Å². The highest BCUT2D eigenvalue weighted by Gasteiger charge is 2.20. The molecule has 1 aromatic heterocycles. The van der Waals surface area contributed by atoms with E-state index in [1.165, 1.54) is 7.11 Å². The molecule has 0 bridgehead atoms. The van der Waals surface area contributed by atoms with Gasteiger partial charge in [0.05, 0.1) is 24.8 Å². The Hall–Kier alpha value is -1.39. The highest BCUT2D eigenvalue weighted by molar-refractivity contribution is 6.38. The van der Waals surface area contributed by atoms with Gasteiger partial charge in [0.1, 0.15) is 10.8 Å². The number of hydrogen-bond acceptors (Lipinski definition) is 3. The molecule has 4 nitrogen and oxygen atoms in total. The highest BCUT2D eigenvalue weighted by Crippen LogP contribution is 2.45. The number of halogens is 2. The third-order valence-corrected chi connectivity index (χ3v) is 3.46. The molecule has 0 amide bonds. The summed E-state index contributed by atoms with van der Waals surface area (Å²) < 4.78 is 12.5. The molecule has 19 heavy (non-hydrogen) atoms. The summed E-state index contributed by atoms with van der Waals surface area (Å²) in [5.74, 6) is 1.66. The number of methoxy groups -OCH3 is 2. The smallest absolute Gasteiger partial charge is 0.159 e. The fourth-order valence-electron chi connectivity index (χ4n) is 1.95. The van der Waals surface area contributed by atoms with Crippen molar-refractivity contribution in [2.75, 3.05) is 14.2 Å². The van der Waals surface area contributed by atoms with Gasteiger partial charge in [-0.1, -0.05) is 23.2 Å². The first kappa shape index (κ1) is 14.0. The van der Waals surface area contributed by atoms with E-state index in [4.69, 9.17) is 32.7 Å². The maximum atomic E-state index is 6.26. The van der Waals surface area contributed by atoms with E-state index in [0.717, 1.165) is 17.9 Å². The molecule has 0 spiro atoms. The lowest BCUT2D eigenvalue weighted by atomic mass is 10.1. The first-order valence-electron chi connectivity index (χ1n) is 5.75. The summed E-state index contributed by atoms with van der Waals surface area (Å²) >= 11 is 12.4. The maximum Gasteiger partial charge on any atom is 0.159 e. The second-order valence-corrected chi connectivity index (χ2v) is 4.61. The highest BCUT2D eigenvalue weighted by atomic mass is 35.5. The van der Waals surface area contributed by atoms with Crippen LogP contribution in [0.25, 0.3) is 11.4 Å². The monoisotopic (exact) mass is 300 g/mol. The summed E-state index contributed by atoms with van der Waals surface area (Å²) in [4.78, 5) is 4.33. The van der Waals surface area contributed by atoms with Gasteiger partial charge in [-0.3, -0.25) is 0 Å². The number of aromatic nitrogens is 2. The molecule has 2 rings (SSSR count). The minimum absolute atomic E-state index is 0.346. The van der Waals surface area contributed by atoms with Crippen molar-refractivity contribution < 1.29 is 9.47 Å². The summed E-state index contributed by atoms with van der Waals surface area (Å²) in [7, 11) is 3.07. The van der Waals surface area contributed by atoms with Crippen molar-refractivity contribution in [3.05, 3.63) is 28.5 Å². The van der Waals surface area contributed by atoms with Gasteiger partial charge in [0.2, 0.25) is 0 Å². The molecule has 1 heterocycles. The molecule has 1 aromatic carbocycles. The van der Waals surface area contributed by atoms with Gasteiger partial charge in [-0.2, -0.15) is 0 Å². The Morgan fingerprint density at radius 2 is 1.89 bits per heavy atom. The van der Waals surface area contributed by atoms with Crippen molar-refractivity contribution in [1.82, 2.24) is 9.55 Å². The lowest BCUT2D eigenvalue weighted by Gasteiger charge is -2.15. The summed E-state index contributed by atoms with van der Waals surface area (Å²) in [6, 6.07) is 1.75. The Morgan fingerprint density at radius 3 is 2.47 bits per heavy atom. The van der Waals surface area contributed by atoms with Crippen LogP contribution < -0.4 is 9.47 Å². The van der Waals surface area contributed by atoms with Crippen LogP contribution in [0.1, 0.15) is 6.92 Å². The zero-order chi connectivity index (χ0) is 14.0. The quantitative estimate of drug-likeness (QED) is 0.859. The summed E-state index contributed by atoms with van der Waals surface area (Å²) in [6.45, 7) is 2.82. The molecule has 0 atom stereocenters. The molecule has 0 saturated heterocycles. The van der Waals surface area contributed by atoms with Gasteiger partial charge in [-0.25, -0.2) is 4.98 Å². The number of ether oxygens (including phenoxy) is 2. The zero-order valence-corrected chi connectivity index (χ0v) is 12.4. The van der Waals surface area contributed by atoms with Crippen LogP contribution in [-0.2, 0) is 6.54 Å². The Kier molecular flexibility index (Phi) is 4.22. The number of imidazole rings is 1. The van der Waals surface area contributed by atoms with Crippen molar-refractivity contribution in [2.45, 2.75) is 13.5 Å². The lowest BCUT2D eigenvalue weighted by Crippen LogP contribution is -2.00. The SMILES string of the molecule is CCn1ccnc1-c1cc(Cl)c(OC)c(Cl)c1OC. The van der Waals surface area contributed by atoms with Gasteiger partial charge in [-0.15, -0.1) is 0 Å². The lowest BCUT2D eigenvalue weighted by molar-refractivity contribution is 0.395. The van der Waals surface area contributed by atoms with E-state index >= 15 is 0 Å². The first-order chi connectivity index (χ1) is 9.13. The molecule has 0 aliphatic carbocycles. The third-order valence-electron chi connectivity index (χ3n) is 2.84. The summed E-state index contributed by atoms with van der Waals surface area (Å²) in [6.07, 6.45) is 3.62. The Bertz CT molecular complexity index is 597. The molecule has 0 radical (unpaired) electrons. The van der Waals surface area contributed by atoms with Gasteiger partial charge >= 0.3 is 0 Å². The van der Waals surface area contributed by atoms with Crippen LogP contribution in [0.2, 0.25) is 10.0 Å². The van der Waals surface area contributed by atoms with Crippen molar-refractivity contribution in [1.29, 1.82) is 0 Å². The zero-order valence-electron chi connectivity index (χ0n) is 10.9. The molecule has 0 N–H and O–H groups in total. The van der Waals surface area contributed by atoms with Crippen LogP contribution in [0.4, 0.5) is 0 Å². The molecule has 0 saturated carbocycles. The number of rotatable bonds is 4. The molecule has 0 aliphatic heterocycles. The Morgan fingerprint density at radius 1 is 1.21 bits per heavy atom. The topological polar surface area (TPSA) is 36.3 Å². The standard InChI is InChI=1S/C13H14Cl2N2O2/c1-4-17-6-5-16-13(17)8-7-9(14)12(19-3)10(15)11(8)18-2/h5-7H,4H2,1-3H3. The fraction of sp³-hybridized carbons (Fsp3) is 0.308. The van der Waals surface area contributed by atoms with Crippen LogP contribution in [0, 0.1) is 0 Å².